The summed E-state index contributed by atoms with van der Waals surface area (Å²) in [5.74, 6) is -1.01. The molecule has 0 unspecified atom stereocenters. The fraction of sp³-hybridized carbons (Fsp3) is 0.364. The predicted molar refractivity (Wildman–Crippen MR) is 108 cm³/mol. The molecule has 0 aromatic heterocycles. The van der Waals surface area contributed by atoms with Crippen LogP contribution in [-0.2, 0) is 20.9 Å². The molecule has 152 valence electrons. The number of carbonyl (C=O) groups excluding carboxylic acids is 1. The number of aliphatic carboxylic acids is 1. The van der Waals surface area contributed by atoms with E-state index in [0.29, 0.717) is 37.6 Å². The van der Waals surface area contributed by atoms with Crippen LogP contribution in [0.5, 0.6) is 5.75 Å². The van der Waals surface area contributed by atoms with E-state index >= 15 is 0 Å². The molecule has 1 amide bonds. The Morgan fingerprint density at radius 1 is 1.03 bits per heavy atom. The molecule has 0 radical (unpaired) electrons. The number of ether oxygens (including phenoxy) is 2. The maximum Gasteiger partial charge on any atom is 0.303 e. The lowest BCUT2D eigenvalue weighted by Gasteiger charge is -2.44. The number of halogens is 1. The number of carboxylic acid groups (broad SMARTS) is 1. The van der Waals surface area contributed by atoms with Gasteiger partial charge in [0, 0.05) is 42.9 Å². The molecule has 6 nitrogen and oxygen atoms in total. The molecule has 0 bridgehead atoms. The van der Waals surface area contributed by atoms with Crippen molar-refractivity contribution >= 4 is 23.5 Å². The second-order valence-electron chi connectivity index (χ2n) is 7.41. The standard InChI is InChI=1S/C22H22ClNO5/c23-18-4-1-15(2-5-18)16-3-6-19-17(13-16)14-28-22(29-19)9-11-24(12-10-22)20(25)7-8-21(26)27/h1-6,13H,7-12,14H2,(H,26,27). The van der Waals surface area contributed by atoms with Gasteiger partial charge < -0.3 is 19.5 Å². The lowest BCUT2D eigenvalue weighted by atomic mass is 9.99. The largest absolute Gasteiger partial charge is 0.481 e. The summed E-state index contributed by atoms with van der Waals surface area (Å²) < 4.78 is 12.3. The van der Waals surface area contributed by atoms with Crippen molar-refractivity contribution < 1.29 is 24.2 Å². The van der Waals surface area contributed by atoms with E-state index in [1.807, 2.05) is 36.4 Å². The Bertz CT molecular complexity index is 919. The van der Waals surface area contributed by atoms with Crippen molar-refractivity contribution in [1.29, 1.82) is 0 Å². The van der Waals surface area contributed by atoms with E-state index in [0.717, 1.165) is 22.4 Å². The van der Waals surface area contributed by atoms with Crippen molar-refractivity contribution in [3.8, 4) is 16.9 Å². The number of amides is 1. The van der Waals surface area contributed by atoms with Gasteiger partial charge in [-0.3, -0.25) is 9.59 Å². The molecule has 29 heavy (non-hydrogen) atoms. The van der Waals surface area contributed by atoms with Crippen LogP contribution in [0, 0.1) is 0 Å². The van der Waals surface area contributed by atoms with E-state index in [-0.39, 0.29) is 18.7 Å². The fourth-order valence-corrected chi connectivity index (χ4v) is 3.89. The summed E-state index contributed by atoms with van der Waals surface area (Å²) in [6.07, 6.45) is 1.01. The summed E-state index contributed by atoms with van der Waals surface area (Å²) in [7, 11) is 0. The van der Waals surface area contributed by atoms with E-state index in [9.17, 15) is 9.59 Å². The first kappa shape index (κ1) is 19.7. The summed E-state index contributed by atoms with van der Waals surface area (Å²) in [6, 6.07) is 13.7. The lowest BCUT2D eigenvalue weighted by Crippen LogP contribution is -2.52. The van der Waals surface area contributed by atoms with Gasteiger partial charge >= 0.3 is 5.97 Å². The molecule has 1 spiro atoms. The number of hydrogen-bond donors (Lipinski definition) is 1. The minimum absolute atomic E-state index is 0.0281. The van der Waals surface area contributed by atoms with E-state index in [2.05, 4.69) is 6.07 Å². The summed E-state index contributed by atoms with van der Waals surface area (Å²) in [4.78, 5) is 24.5. The average molecular weight is 416 g/mol. The molecule has 1 saturated heterocycles. The van der Waals surface area contributed by atoms with Gasteiger partial charge in [-0.2, -0.15) is 0 Å². The highest BCUT2D eigenvalue weighted by Crippen LogP contribution is 2.39. The molecule has 0 atom stereocenters. The Morgan fingerprint density at radius 2 is 1.72 bits per heavy atom. The van der Waals surface area contributed by atoms with Gasteiger partial charge in [0.25, 0.3) is 0 Å². The zero-order chi connectivity index (χ0) is 20.4. The minimum atomic E-state index is -0.958. The summed E-state index contributed by atoms with van der Waals surface area (Å²) in [5, 5.41) is 9.44. The molecular formula is C22H22ClNO5. The number of hydrogen-bond acceptors (Lipinski definition) is 4. The number of benzene rings is 2. The van der Waals surface area contributed by atoms with Crippen LogP contribution in [-0.4, -0.2) is 40.8 Å². The van der Waals surface area contributed by atoms with Gasteiger partial charge in [-0.15, -0.1) is 0 Å². The Kier molecular flexibility index (Phi) is 5.48. The van der Waals surface area contributed by atoms with Crippen molar-refractivity contribution in [2.45, 2.75) is 38.1 Å². The molecule has 2 heterocycles. The number of likely N-dealkylation sites (tertiary alicyclic amines) is 1. The Hall–Kier alpha value is -2.57. The number of fused-ring (bicyclic) bond motifs is 1. The van der Waals surface area contributed by atoms with Crippen LogP contribution >= 0.6 is 11.6 Å². The van der Waals surface area contributed by atoms with Gasteiger partial charge in [0.1, 0.15) is 5.75 Å². The molecule has 2 aliphatic heterocycles. The average Bonchev–Trinajstić information content (AvgIpc) is 2.73. The van der Waals surface area contributed by atoms with Crippen LogP contribution < -0.4 is 4.74 Å². The monoisotopic (exact) mass is 415 g/mol. The number of nitrogens with zero attached hydrogens (tertiary/aromatic N) is 1. The molecule has 1 fully saturated rings. The van der Waals surface area contributed by atoms with Gasteiger partial charge in [0.2, 0.25) is 11.7 Å². The molecule has 0 aliphatic carbocycles. The summed E-state index contributed by atoms with van der Waals surface area (Å²) in [5.41, 5.74) is 3.14. The molecule has 2 aliphatic rings. The molecule has 1 N–H and O–H groups in total. The Labute approximate surface area is 174 Å². The summed E-state index contributed by atoms with van der Waals surface area (Å²) >= 11 is 5.97. The van der Waals surface area contributed by atoms with E-state index in [4.69, 9.17) is 26.2 Å². The minimum Gasteiger partial charge on any atom is -0.481 e. The van der Waals surface area contributed by atoms with Crippen LogP contribution in [0.3, 0.4) is 0 Å². The van der Waals surface area contributed by atoms with E-state index < -0.39 is 11.8 Å². The van der Waals surface area contributed by atoms with Crippen LogP contribution in [0.2, 0.25) is 5.02 Å². The molecule has 2 aromatic rings. The van der Waals surface area contributed by atoms with E-state index in [1.54, 1.807) is 4.90 Å². The van der Waals surface area contributed by atoms with Crippen molar-refractivity contribution in [2.75, 3.05) is 13.1 Å². The summed E-state index contributed by atoms with van der Waals surface area (Å²) in [6.45, 7) is 1.44. The number of piperidine rings is 1. The normalized spacial score (nSPS) is 17.5. The van der Waals surface area contributed by atoms with Crippen molar-refractivity contribution in [3.63, 3.8) is 0 Å². The van der Waals surface area contributed by atoms with Crippen molar-refractivity contribution in [2.24, 2.45) is 0 Å². The first-order chi connectivity index (χ1) is 13.9. The Balaban J connectivity index is 1.41. The number of rotatable bonds is 4. The quantitative estimate of drug-likeness (QED) is 0.813. The highest BCUT2D eigenvalue weighted by Gasteiger charge is 2.41. The maximum absolute atomic E-state index is 12.1. The van der Waals surface area contributed by atoms with Gasteiger partial charge in [-0.1, -0.05) is 29.8 Å². The third-order valence-corrected chi connectivity index (χ3v) is 5.71. The number of carbonyl (C=O) groups is 2. The number of carboxylic acids is 1. The smallest absolute Gasteiger partial charge is 0.303 e. The lowest BCUT2D eigenvalue weighted by molar-refractivity contribution is -0.227. The fourth-order valence-electron chi connectivity index (χ4n) is 3.77. The van der Waals surface area contributed by atoms with Gasteiger partial charge in [0.05, 0.1) is 13.0 Å². The molecular weight excluding hydrogens is 394 g/mol. The first-order valence-corrected chi connectivity index (χ1v) is 10.0. The second kappa shape index (κ2) is 8.05. The predicted octanol–water partition coefficient (Wildman–Crippen LogP) is 4.10. The topological polar surface area (TPSA) is 76.1 Å². The van der Waals surface area contributed by atoms with Crippen molar-refractivity contribution in [1.82, 2.24) is 4.90 Å². The SMILES string of the molecule is O=C(O)CCC(=O)N1CCC2(CC1)OCc1cc(-c3ccc(Cl)cc3)ccc1O2. The van der Waals surface area contributed by atoms with Crippen LogP contribution in [0.25, 0.3) is 11.1 Å². The second-order valence-corrected chi connectivity index (χ2v) is 7.84. The Morgan fingerprint density at radius 3 is 2.41 bits per heavy atom. The van der Waals surface area contributed by atoms with Gasteiger partial charge in [-0.25, -0.2) is 0 Å². The molecule has 4 rings (SSSR count). The third-order valence-electron chi connectivity index (χ3n) is 5.46. The zero-order valence-electron chi connectivity index (χ0n) is 15.9. The molecule has 2 aromatic carbocycles. The highest BCUT2D eigenvalue weighted by atomic mass is 35.5. The van der Waals surface area contributed by atoms with Gasteiger partial charge in [-0.05, 0) is 35.4 Å². The maximum atomic E-state index is 12.1. The highest BCUT2D eigenvalue weighted by molar-refractivity contribution is 6.30. The van der Waals surface area contributed by atoms with E-state index in [1.165, 1.54) is 0 Å². The van der Waals surface area contributed by atoms with Crippen LogP contribution in [0.1, 0.15) is 31.2 Å². The molecule has 0 saturated carbocycles. The van der Waals surface area contributed by atoms with Gasteiger partial charge in [0.15, 0.2) is 0 Å². The van der Waals surface area contributed by atoms with Crippen LogP contribution in [0.15, 0.2) is 42.5 Å². The first-order valence-electron chi connectivity index (χ1n) is 9.66. The van der Waals surface area contributed by atoms with Crippen molar-refractivity contribution in [3.05, 3.63) is 53.1 Å². The van der Waals surface area contributed by atoms with Crippen LogP contribution in [0.4, 0.5) is 0 Å². The third kappa shape index (κ3) is 4.38. The molecule has 7 heteroatoms. The zero-order valence-corrected chi connectivity index (χ0v) is 16.7.